The minimum absolute atomic E-state index is 0.140. The fourth-order valence-corrected chi connectivity index (χ4v) is 2.37. The minimum atomic E-state index is -0.140. The molecule has 2 aromatic carbocycles. The first-order valence-electron chi connectivity index (χ1n) is 6.70. The zero-order chi connectivity index (χ0) is 13.8. The normalized spacial score (nSPS) is 14.3. The van der Waals surface area contributed by atoms with Gasteiger partial charge in [0.05, 0.1) is 12.0 Å². The minimum Gasteiger partial charge on any atom is -0.486 e. The highest BCUT2D eigenvalue weighted by molar-refractivity contribution is 5.44. The molecule has 20 heavy (non-hydrogen) atoms. The average Bonchev–Trinajstić information content (AvgIpc) is 2.53. The van der Waals surface area contributed by atoms with Crippen molar-refractivity contribution in [1.29, 1.82) is 5.26 Å². The molecule has 3 heteroatoms. The van der Waals surface area contributed by atoms with Crippen molar-refractivity contribution in [2.45, 2.75) is 12.3 Å². The van der Waals surface area contributed by atoms with Crippen molar-refractivity contribution in [1.82, 2.24) is 0 Å². The molecule has 1 aliphatic heterocycles. The molecule has 0 fully saturated rings. The second-order valence-corrected chi connectivity index (χ2v) is 4.77. The van der Waals surface area contributed by atoms with Gasteiger partial charge in [-0.2, -0.15) is 5.26 Å². The van der Waals surface area contributed by atoms with Gasteiger partial charge >= 0.3 is 0 Å². The molecular weight excluding hydrogens is 250 g/mol. The van der Waals surface area contributed by atoms with Crippen LogP contribution in [0.2, 0.25) is 0 Å². The Bertz CT molecular complexity index is 631. The Morgan fingerprint density at radius 2 is 1.75 bits per heavy atom. The first-order valence-corrected chi connectivity index (χ1v) is 6.70. The predicted octanol–water partition coefficient (Wildman–Crippen LogP) is 3.31. The van der Waals surface area contributed by atoms with Gasteiger partial charge in [0.2, 0.25) is 0 Å². The summed E-state index contributed by atoms with van der Waals surface area (Å²) in [6.07, 6.45) is 0.678. The lowest BCUT2D eigenvalue weighted by atomic mass is 9.93. The van der Waals surface area contributed by atoms with Crippen molar-refractivity contribution >= 4 is 0 Å². The number of hydrogen-bond donors (Lipinski definition) is 0. The Kier molecular flexibility index (Phi) is 3.56. The monoisotopic (exact) mass is 265 g/mol. The van der Waals surface area contributed by atoms with Gasteiger partial charge in [-0.15, -0.1) is 0 Å². The first-order chi connectivity index (χ1) is 9.86. The number of hydrogen-bond acceptors (Lipinski definition) is 3. The highest BCUT2D eigenvalue weighted by atomic mass is 16.6. The van der Waals surface area contributed by atoms with E-state index in [4.69, 9.17) is 9.47 Å². The average molecular weight is 265 g/mol. The summed E-state index contributed by atoms with van der Waals surface area (Å²) in [5.41, 5.74) is 2.13. The second kappa shape index (κ2) is 5.66. The van der Waals surface area contributed by atoms with Crippen molar-refractivity contribution in [3.8, 4) is 17.6 Å². The maximum absolute atomic E-state index is 9.37. The maximum Gasteiger partial charge on any atom is 0.161 e. The summed E-state index contributed by atoms with van der Waals surface area (Å²) in [5.74, 6) is 1.42. The van der Waals surface area contributed by atoms with Crippen molar-refractivity contribution in [3.05, 3.63) is 59.7 Å². The van der Waals surface area contributed by atoms with Crippen LogP contribution in [0.1, 0.15) is 17.0 Å². The van der Waals surface area contributed by atoms with Crippen LogP contribution in [-0.2, 0) is 6.42 Å². The third-order valence-corrected chi connectivity index (χ3v) is 3.40. The summed E-state index contributed by atoms with van der Waals surface area (Å²) in [4.78, 5) is 0. The molecule has 0 radical (unpaired) electrons. The largest absolute Gasteiger partial charge is 0.486 e. The highest BCUT2D eigenvalue weighted by Crippen LogP contribution is 2.32. The van der Waals surface area contributed by atoms with Crippen molar-refractivity contribution in [3.63, 3.8) is 0 Å². The Balaban J connectivity index is 1.82. The molecule has 3 nitrogen and oxygen atoms in total. The fraction of sp³-hybridized carbons (Fsp3) is 0.235. The van der Waals surface area contributed by atoms with E-state index >= 15 is 0 Å². The van der Waals surface area contributed by atoms with E-state index < -0.39 is 0 Å². The third kappa shape index (κ3) is 2.60. The summed E-state index contributed by atoms with van der Waals surface area (Å²) < 4.78 is 11.1. The van der Waals surface area contributed by atoms with Gasteiger partial charge in [0.1, 0.15) is 13.2 Å². The summed E-state index contributed by atoms with van der Waals surface area (Å²) in [6.45, 7) is 1.17. The molecule has 0 saturated heterocycles. The van der Waals surface area contributed by atoms with E-state index in [0.717, 1.165) is 22.6 Å². The van der Waals surface area contributed by atoms with Crippen molar-refractivity contribution < 1.29 is 9.47 Å². The molecule has 1 aliphatic rings. The van der Waals surface area contributed by atoms with Crippen LogP contribution in [-0.4, -0.2) is 13.2 Å². The van der Waals surface area contributed by atoms with Crippen molar-refractivity contribution in [2.75, 3.05) is 13.2 Å². The molecule has 0 aromatic heterocycles. The molecule has 0 spiro atoms. The van der Waals surface area contributed by atoms with E-state index in [1.165, 1.54) is 0 Å². The van der Waals surface area contributed by atoms with E-state index in [1.807, 2.05) is 48.5 Å². The summed E-state index contributed by atoms with van der Waals surface area (Å²) in [6, 6.07) is 18.1. The van der Waals surface area contributed by atoms with Gasteiger partial charge in [0.25, 0.3) is 0 Å². The lowest BCUT2D eigenvalue weighted by Gasteiger charge is -2.19. The van der Waals surface area contributed by atoms with E-state index in [-0.39, 0.29) is 5.92 Å². The fourth-order valence-electron chi connectivity index (χ4n) is 2.37. The Labute approximate surface area is 118 Å². The maximum atomic E-state index is 9.37. The summed E-state index contributed by atoms with van der Waals surface area (Å²) in [5, 5.41) is 9.37. The van der Waals surface area contributed by atoms with Crippen LogP contribution in [0.25, 0.3) is 0 Å². The molecule has 100 valence electrons. The van der Waals surface area contributed by atoms with Crippen LogP contribution in [0, 0.1) is 11.3 Å². The van der Waals surface area contributed by atoms with E-state index in [1.54, 1.807) is 0 Å². The van der Waals surface area contributed by atoms with Gasteiger partial charge in [-0.1, -0.05) is 36.4 Å². The SMILES string of the molecule is N#CC(Cc1ccc2c(c1)OCCO2)c1ccccc1. The zero-order valence-corrected chi connectivity index (χ0v) is 11.1. The number of nitrogens with zero attached hydrogens (tertiary/aromatic N) is 1. The molecule has 1 heterocycles. The number of fused-ring (bicyclic) bond motifs is 1. The first kappa shape index (κ1) is 12.6. The smallest absolute Gasteiger partial charge is 0.161 e. The third-order valence-electron chi connectivity index (χ3n) is 3.40. The molecule has 1 atom stereocenters. The van der Waals surface area contributed by atoms with Gasteiger partial charge in [0.15, 0.2) is 11.5 Å². The highest BCUT2D eigenvalue weighted by Gasteiger charge is 2.15. The number of nitriles is 1. The summed E-state index contributed by atoms with van der Waals surface area (Å²) >= 11 is 0. The van der Waals surface area contributed by atoms with E-state index in [0.29, 0.717) is 19.6 Å². The number of benzene rings is 2. The molecule has 1 unspecified atom stereocenters. The number of rotatable bonds is 3. The molecule has 0 saturated carbocycles. The zero-order valence-electron chi connectivity index (χ0n) is 11.1. The van der Waals surface area contributed by atoms with Crippen molar-refractivity contribution in [2.24, 2.45) is 0 Å². The van der Waals surface area contributed by atoms with Crippen LogP contribution in [0.5, 0.6) is 11.5 Å². The van der Waals surface area contributed by atoms with Crippen LogP contribution < -0.4 is 9.47 Å². The predicted molar refractivity (Wildman–Crippen MR) is 75.9 cm³/mol. The molecule has 0 amide bonds. The van der Waals surface area contributed by atoms with Crippen LogP contribution >= 0.6 is 0 Å². The molecule has 2 aromatic rings. The molecule has 0 aliphatic carbocycles. The topological polar surface area (TPSA) is 42.2 Å². The van der Waals surface area contributed by atoms with Crippen LogP contribution in [0.3, 0.4) is 0 Å². The lowest BCUT2D eigenvalue weighted by Crippen LogP contribution is -2.15. The second-order valence-electron chi connectivity index (χ2n) is 4.77. The van der Waals surface area contributed by atoms with Gasteiger partial charge in [-0.25, -0.2) is 0 Å². The Hall–Kier alpha value is -2.47. The van der Waals surface area contributed by atoms with Gasteiger partial charge < -0.3 is 9.47 Å². The van der Waals surface area contributed by atoms with Gasteiger partial charge in [-0.3, -0.25) is 0 Å². The van der Waals surface area contributed by atoms with E-state index in [9.17, 15) is 5.26 Å². The van der Waals surface area contributed by atoms with E-state index in [2.05, 4.69) is 6.07 Å². The lowest BCUT2D eigenvalue weighted by molar-refractivity contribution is 0.171. The standard InChI is InChI=1S/C17H15NO2/c18-12-15(14-4-2-1-3-5-14)10-13-6-7-16-17(11-13)20-9-8-19-16/h1-7,11,15H,8-10H2. The number of ether oxygens (including phenoxy) is 2. The molecule has 0 N–H and O–H groups in total. The van der Waals surface area contributed by atoms with Crippen LogP contribution in [0.4, 0.5) is 0 Å². The molecular formula is C17H15NO2. The van der Waals surface area contributed by atoms with Gasteiger partial charge in [0, 0.05) is 0 Å². The summed E-state index contributed by atoms with van der Waals surface area (Å²) in [7, 11) is 0. The van der Waals surface area contributed by atoms with Crippen LogP contribution in [0.15, 0.2) is 48.5 Å². The Morgan fingerprint density at radius 3 is 2.50 bits per heavy atom. The Morgan fingerprint density at radius 1 is 1.00 bits per heavy atom. The molecule has 0 bridgehead atoms. The molecule has 3 rings (SSSR count). The quantitative estimate of drug-likeness (QED) is 0.855. The van der Waals surface area contributed by atoms with Gasteiger partial charge in [-0.05, 0) is 29.7 Å².